The SMILES string of the molecule is CC1C=C(C2=C(C3NC(C4C=CCCC4)=NC(C4C=CC=CC4)N3)C=C(c3ccc(-c4ccccc4)c(C4=CCCC=C4)c3)CN2)c2sc3ccc4c(c5ccccc5n4C4C=CC=CC4)c3c2C1. The number of dihydropyridines is 1. The van der Waals surface area contributed by atoms with Crippen molar-refractivity contribution in [3.05, 3.63) is 209 Å². The number of aliphatic imine (C=N–C) groups is 1. The molecule has 4 heterocycles. The molecule has 7 aliphatic rings. The van der Waals surface area contributed by atoms with Gasteiger partial charge in [0.05, 0.1) is 11.6 Å². The minimum absolute atomic E-state index is 0.0589. The summed E-state index contributed by atoms with van der Waals surface area (Å²) in [5, 5.41) is 16.6. The molecule has 69 heavy (non-hydrogen) atoms. The molecule has 5 aliphatic carbocycles. The largest absolute Gasteiger partial charge is 0.380 e. The van der Waals surface area contributed by atoms with Gasteiger partial charge in [0.2, 0.25) is 0 Å². The van der Waals surface area contributed by atoms with Crippen molar-refractivity contribution in [2.75, 3.05) is 6.54 Å². The molecule has 0 radical (unpaired) electrons. The third-order valence-electron chi connectivity index (χ3n) is 15.5. The van der Waals surface area contributed by atoms with Crippen molar-refractivity contribution < 1.29 is 0 Å². The first-order chi connectivity index (χ1) is 34.1. The number of nitrogens with one attached hydrogen (secondary N) is 3. The summed E-state index contributed by atoms with van der Waals surface area (Å²) in [6, 6.07) is 32.3. The summed E-state index contributed by atoms with van der Waals surface area (Å²) in [6.45, 7) is 3.14. The summed E-state index contributed by atoms with van der Waals surface area (Å²) in [5.41, 5.74) is 15.6. The molecule has 6 aromatic rings. The Morgan fingerprint density at radius 2 is 1.64 bits per heavy atom. The van der Waals surface area contributed by atoms with E-state index in [1.807, 2.05) is 11.3 Å². The van der Waals surface area contributed by atoms with Gasteiger partial charge in [0, 0.05) is 66.5 Å². The Hall–Kier alpha value is -6.73. The van der Waals surface area contributed by atoms with Crippen LogP contribution in [0.15, 0.2) is 192 Å². The first kappa shape index (κ1) is 42.4. The van der Waals surface area contributed by atoms with Crippen LogP contribution in [0.1, 0.15) is 79.5 Å². The fourth-order valence-electron chi connectivity index (χ4n) is 12.2. The van der Waals surface area contributed by atoms with Crippen molar-refractivity contribution in [2.24, 2.45) is 22.7 Å². The molecule has 6 atom stereocenters. The molecule has 6 unspecified atom stereocenters. The fraction of sp³-hybridized carbons (Fsp3) is 0.254. The zero-order valence-corrected chi connectivity index (χ0v) is 40.2. The van der Waals surface area contributed by atoms with Gasteiger partial charge in [-0.15, -0.1) is 11.3 Å². The standard InChI is InChI=1S/C63H59N5S/c1-40-35-51-58-56(34-33-55-57(58)49-29-17-18-30-54(49)68(55)47-27-15-6-16-28-47)69-60(51)52(36-40)59-53(63-66-61(43-23-11-4-12-24-43)65-62(67-63)44-25-13-5-14-26-44)38-46(39-64-59)45-31-32-48(41-19-7-2-8-20-41)50(37-45)42-21-9-3-10-22-42/h2,4,6-9,11-13,15-23,25,27,29-34,36-38,40,43-44,47,61,63-64,66H,3,5,10,14,24,26,28,35,39H2,1H3,(H,65,67). The van der Waals surface area contributed by atoms with Gasteiger partial charge in [0.1, 0.15) is 18.2 Å². The second-order valence-corrected chi connectivity index (χ2v) is 21.1. The second kappa shape index (κ2) is 18.0. The highest BCUT2D eigenvalue weighted by atomic mass is 32.1. The molecule has 2 aromatic heterocycles. The fourth-order valence-corrected chi connectivity index (χ4v) is 13.5. The van der Waals surface area contributed by atoms with Gasteiger partial charge in [-0.25, -0.2) is 0 Å². The van der Waals surface area contributed by atoms with E-state index in [4.69, 9.17) is 4.99 Å². The summed E-state index contributed by atoms with van der Waals surface area (Å²) >= 11 is 1.98. The van der Waals surface area contributed by atoms with Crippen LogP contribution in [-0.4, -0.2) is 29.3 Å². The van der Waals surface area contributed by atoms with Gasteiger partial charge >= 0.3 is 0 Å². The maximum Gasteiger partial charge on any atom is 0.110 e. The Morgan fingerprint density at radius 1 is 0.754 bits per heavy atom. The molecule has 2 aliphatic heterocycles. The van der Waals surface area contributed by atoms with Crippen molar-refractivity contribution in [1.29, 1.82) is 0 Å². The monoisotopic (exact) mass is 917 g/mol. The van der Waals surface area contributed by atoms with Crippen molar-refractivity contribution in [2.45, 2.75) is 76.7 Å². The molecule has 0 spiro atoms. The van der Waals surface area contributed by atoms with Crippen LogP contribution in [0.5, 0.6) is 0 Å². The average molecular weight is 918 g/mol. The quantitative estimate of drug-likeness (QED) is 0.133. The van der Waals surface area contributed by atoms with Gasteiger partial charge in [0.15, 0.2) is 0 Å². The van der Waals surface area contributed by atoms with E-state index in [0.29, 0.717) is 5.92 Å². The minimum Gasteiger partial charge on any atom is -0.380 e. The van der Waals surface area contributed by atoms with E-state index in [1.54, 1.807) is 0 Å². The molecular formula is C63H59N5S. The lowest BCUT2D eigenvalue weighted by Crippen LogP contribution is -2.58. The molecule has 3 N–H and O–H groups in total. The molecule has 13 rings (SSSR count). The van der Waals surface area contributed by atoms with Crippen LogP contribution in [0.3, 0.4) is 0 Å². The number of amidine groups is 1. The van der Waals surface area contributed by atoms with E-state index in [1.165, 1.54) is 99.0 Å². The van der Waals surface area contributed by atoms with Gasteiger partial charge < -0.3 is 15.2 Å². The highest BCUT2D eigenvalue weighted by molar-refractivity contribution is 7.20. The zero-order valence-electron chi connectivity index (χ0n) is 39.4. The maximum absolute atomic E-state index is 5.52. The summed E-state index contributed by atoms with van der Waals surface area (Å²) in [4.78, 5) is 6.91. The molecular weight excluding hydrogens is 859 g/mol. The smallest absolute Gasteiger partial charge is 0.110 e. The van der Waals surface area contributed by atoms with E-state index in [2.05, 4.69) is 204 Å². The lowest BCUT2D eigenvalue weighted by atomic mass is 9.83. The van der Waals surface area contributed by atoms with E-state index >= 15 is 0 Å². The van der Waals surface area contributed by atoms with Gasteiger partial charge in [-0.3, -0.25) is 10.3 Å². The zero-order chi connectivity index (χ0) is 45.8. The highest BCUT2D eigenvalue weighted by Crippen LogP contribution is 2.49. The van der Waals surface area contributed by atoms with Crippen LogP contribution in [0.4, 0.5) is 0 Å². The molecule has 0 fully saturated rings. The lowest BCUT2D eigenvalue weighted by Gasteiger charge is -2.39. The van der Waals surface area contributed by atoms with E-state index in [9.17, 15) is 0 Å². The topological polar surface area (TPSA) is 53.4 Å². The third kappa shape index (κ3) is 7.69. The van der Waals surface area contributed by atoms with Gasteiger partial charge in [-0.2, -0.15) is 0 Å². The van der Waals surface area contributed by atoms with Crippen LogP contribution < -0.4 is 16.0 Å². The average Bonchev–Trinajstić information content (AvgIpc) is 3.97. The Bertz CT molecular complexity index is 3390. The molecule has 5 nitrogen and oxygen atoms in total. The number of fused-ring (bicyclic) bond motifs is 7. The van der Waals surface area contributed by atoms with Crippen LogP contribution in [0, 0.1) is 17.8 Å². The van der Waals surface area contributed by atoms with Crippen molar-refractivity contribution in [3.8, 4) is 11.1 Å². The number of nitrogens with zero attached hydrogens (tertiary/aromatic N) is 2. The minimum atomic E-state index is -0.166. The summed E-state index contributed by atoms with van der Waals surface area (Å²) < 4.78 is 3.96. The van der Waals surface area contributed by atoms with Gasteiger partial charge in [0.25, 0.3) is 0 Å². The number of thiophene rings is 1. The number of hydrogen-bond donors (Lipinski definition) is 3. The molecule has 4 aromatic carbocycles. The summed E-state index contributed by atoms with van der Waals surface area (Å²) in [5.74, 6) is 2.01. The Balaban J connectivity index is 0.993. The van der Waals surface area contributed by atoms with E-state index in [-0.39, 0.29) is 30.2 Å². The molecule has 0 saturated carbocycles. The second-order valence-electron chi connectivity index (χ2n) is 20.0. The number of rotatable bonds is 8. The predicted octanol–water partition coefficient (Wildman–Crippen LogP) is 14.7. The normalized spacial score (nSPS) is 25.3. The molecule has 6 heteroatoms. The van der Waals surface area contributed by atoms with Crippen molar-refractivity contribution >= 4 is 65.8 Å². The molecule has 342 valence electrons. The Labute approximate surface area is 410 Å². The van der Waals surface area contributed by atoms with Crippen LogP contribution >= 0.6 is 11.3 Å². The third-order valence-corrected chi connectivity index (χ3v) is 16.7. The number of para-hydroxylation sites is 1. The Morgan fingerprint density at radius 3 is 2.46 bits per heavy atom. The van der Waals surface area contributed by atoms with E-state index in [0.717, 1.165) is 57.3 Å². The number of benzene rings is 4. The first-order valence-electron chi connectivity index (χ1n) is 25.5. The Kier molecular flexibility index (Phi) is 11.0. The maximum atomic E-state index is 5.52. The molecule has 0 amide bonds. The summed E-state index contributed by atoms with van der Waals surface area (Å²) in [6.07, 6.45) is 43.4. The van der Waals surface area contributed by atoms with Crippen molar-refractivity contribution in [3.63, 3.8) is 0 Å². The number of hydrogen-bond acceptors (Lipinski definition) is 5. The van der Waals surface area contributed by atoms with Crippen LogP contribution in [-0.2, 0) is 6.42 Å². The van der Waals surface area contributed by atoms with Crippen LogP contribution in [0.25, 0.3) is 59.7 Å². The predicted molar refractivity (Wildman–Crippen MR) is 293 cm³/mol. The molecule has 0 bridgehead atoms. The first-order valence-corrected chi connectivity index (χ1v) is 26.3. The number of aromatic nitrogens is 1. The van der Waals surface area contributed by atoms with Gasteiger partial charge in [-0.1, -0.05) is 153 Å². The molecule has 0 saturated heterocycles. The lowest BCUT2D eigenvalue weighted by molar-refractivity contribution is 0.351. The van der Waals surface area contributed by atoms with Crippen LogP contribution in [0.2, 0.25) is 0 Å². The van der Waals surface area contributed by atoms with Crippen molar-refractivity contribution in [1.82, 2.24) is 20.5 Å². The highest BCUT2D eigenvalue weighted by Gasteiger charge is 2.36. The summed E-state index contributed by atoms with van der Waals surface area (Å²) in [7, 11) is 0. The number of allylic oxidation sites excluding steroid dienone is 14. The van der Waals surface area contributed by atoms with E-state index < -0.39 is 0 Å². The van der Waals surface area contributed by atoms with Gasteiger partial charge in [-0.05, 0) is 127 Å².